The summed E-state index contributed by atoms with van der Waals surface area (Å²) in [4.78, 5) is 11.1. The number of carbonyl (C=O) groups excluding carboxylic acids is 1. The molecule has 0 spiro atoms. The molecule has 1 rings (SSSR count). The van der Waals surface area contributed by atoms with E-state index in [0.717, 1.165) is 38.5 Å². The van der Waals surface area contributed by atoms with Gasteiger partial charge in [-0.05, 0) is 37.8 Å². The van der Waals surface area contributed by atoms with Crippen molar-refractivity contribution in [1.82, 2.24) is 0 Å². The van der Waals surface area contributed by atoms with Gasteiger partial charge in [0.2, 0.25) is 0 Å². The van der Waals surface area contributed by atoms with Gasteiger partial charge in [-0.15, -0.1) is 5.73 Å². The largest absolute Gasteiger partial charge is 0.300 e. The Morgan fingerprint density at radius 3 is 2.18 bits per heavy atom. The molecule has 0 saturated heterocycles. The van der Waals surface area contributed by atoms with Gasteiger partial charge < -0.3 is 0 Å². The Labute approximate surface area is 67.8 Å². The zero-order valence-electron chi connectivity index (χ0n) is 6.81. The van der Waals surface area contributed by atoms with Crippen LogP contribution in [0.1, 0.15) is 38.5 Å². The Balaban J connectivity index is 2.40. The first-order valence-electron chi connectivity index (χ1n) is 4.31. The number of allylic oxidation sites excluding steroid dienone is 1. The standard InChI is InChI=1S/C10H14O/c11-10-8-6-4-2-1-3-5-7-9-10/h2-3H,4-9H2/i2+1. The number of ketones is 1. The molecule has 0 unspecified atom stereocenters. The number of rotatable bonds is 0. The van der Waals surface area contributed by atoms with Gasteiger partial charge >= 0.3 is 0 Å². The van der Waals surface area contributed by atoms with Crippen LogP contribution in [0.3, 0.4) is 0 Å². The van der Waals surface area contributed by atoms with Crippen molar-refractivity contribution in [3.63, 3.8) is 0 Å². The van der Waals surface area contributed by atoms with Gasteiger partial charge in [0, 0.05) is 12.8 Å². The van der Waals surface area contributed by atoms with E-state index in [2.05, 4.69) is 5.73 Å². The minimum atomic E-state index is 0.425. The molecule has 0 bridgehead atoms. The van der Waals surface area contributed by atoms with Crippen molar-refractivity contribution in [3.05, 3.63) is 17.9 Å². The molecule has 0 N–H and O–H groups in total. The summed E-state index contributed by atoms with van der Waals surface area (Å²) in [6.07, 6.45) is 9.58. The summed E-state index contributed by atoms with van der Waals surface area (Å²) in [6, 6.07) is 0. The highest BCUT2D eigenvalue weighted by Gasteiger charge is 2.00. The molecular weight excluding hydrogens is 137 g/mol. The predicted molar refractivity (Wildman–Crippen MR) is 45.4 cm³/mol. The van der Waals surface area contributed by atoms with Crippen molar-refractivity contribution in [2.24, 2.45) is 0 Å². The molecule has 0 aromatic carbocycles. The molecule has 0 aliphatic heterocycles. The van der Waals surface area contributed by atoms with Crippen molar-refractivity contribution < 1.29 is 4.79 Å². The Hall–Kier alpha value is -0.810. The highest BCUT2D eigenvalue weighted by atomic mass is 16.1. The average Bonchev–Trinajstić information content (AvgIpc) is 2.03. The Morgan fingerprint density at radius 1 is 1.09 bits per heavy atom. The molecule has 0 fully saturated rings. The van der Waals surface area contributed by atoms with Gasteiger partial charge in [-0.1, -0.05) is 0 Å². The molecule has 0 atom stereocenters. The molecule has 0 radical (unpaired) electrons. The number of hydrogen-bond donors (Lipinski definition) is 0. The van der Waals surface area contributed by atoms with E-state index >= 15 is 0 Å². The fourth-order valence-corrected chi connectivity index (χ4v) is 1.18. The van der Waals surface area contributed by atoms with E-state index in [9.17, 15) is 4.79 Å². The van der Waals surface area contributed by atoms with E-state index in [-0.39, 0.29) is 0 Å². The SMILES string of the molecule is O=C1CCCC=C=[13CH]CCC1. The first-order chi connectivity index (χ1) is 5.39. The minimum Gasteiger partial charge on any atom is -0.300 e. The second kappa shape index (κ2) is 4.92. The third kappa shape index (κ3) is 3.79. The maximum absolute atomic E-state index is 11.1. The number of hydrogen-bond acceptors (Lipinski definition) is 1. The van der Waals surface area contributed by atoms with Gasteiger partial charge in [0.25, 0.3) is 0 Å². The molecule has 0 heterocycles. The van der Waals surface area contributed by atoms with Crippen LogP contribution in [-0.2, 0) is 4.79 Å². The summed E-state index contributed by atoms with van der Waals surface area (Å²) in [5.74, 6) is 0.425. The molecular formula is C10H14O. The summed E-state index contributed by atoms with van der Waals surface area (Å²) < 4.78 is 0. The Morgan fingerprint density at radius 2 is 1.64 bits per heavy atom. The third-order valence-electron chi connectivity index (χ3n) is 1.84. The lowest BCUT2D eigenvalue weighted by Gasteiger charge is -1.98. The molecule has 0 aromatic heterocycles. The molecule has 1 heteroatoms. The van der Waals surface area contributed by atoms with Gasteiger partial charge in [0.15, 0.2) is 0 Å². The van der Waals surface area contributed by atoms with Crippen molar-refractivity contribution >= 4 is 5.78 Å². The third-order valence-corrected chi connectivity index (χ3v) is 1.84. The van der Waals surface area contributed by atoms with Crippen LogP contribution in [0, 0.1) is 0 Å². The van der Waals surface area contributed by atoms with Gasteiger partial charge in [-0.2, -0.15) is 0 Å². The maximum atomic E-state index is 11.1. The topological polar surface area (TPSA) is 17.1 Å². The first-order valence-corrected chi connectivity index (χ1v) is 4.31. The van der Waals surface area contributed by atoms with Crippen molar-refractivity contribution in [2.75, 3.05) is 0 Å². The molecule has 1 aliphatic carbocycles. The zero-order valence-corrected chi connectivity index (χ0v) is 6.81. The first kappa shape index (κ1) is 8.29. The van der Waals surface area contributed by atoms with E-state index in [1.54, 1.807) is 0 Å². The maximum Gasteiger partial charge on any atom is 0.132 e. The number of carbonyl (C=O) groups is 1. The van der Waals surface area contributed by atoms with Crippen LogP contribution in [0.15, 0.2) is 17.9 Å². The zero-order chi connectivity index (χ0) is 7.94. The normalized spacial score (nSPS) is 20.2. The quantitative estimate of drug-likeness (QED) is 0.384. The van der Waals surface area contributed by atoms with Crippen LogP contribution in [-0.4, -0.2) is 5.78 Å². The van der Waals surface area contributed by atoms with Crippen LogP contribution in [0.4, 0.5) is 0 Å². The van der Waals surface area contributed by atoms with Crippen molar-refractivity contribution in [3.8, 4) is 0 Å². The van der Waals surface area contributed by atoms with Crippen LogP contribution in [0.25, 0.3) is 0 Å². The summed E-state index contributed by atoms with van der Waals surface area (Å²) >= 11 is 0. The fraction of sp³-hybridized carbons (Fsp3) is 0.600. The van der Waals surface area contributed by atoms with Gasteiger partial charge in [-0.25, -0.2) is 0 Å². The number of Topliss-reactive ketones (excluding diaryl/α,β-unsaturated/α-hetero) is 1. The van der Waals surface area contributed by atoms with E-state index in [1.807, 2.05) is 12.2 Å². The van der Waals surface area contributed by atoms with Crippen LogP contribution in [0.2, 0.25) is 0 Å². The molecule has 1 nitrogen and oxygen atoms in total. The second-order valence-electron chi connectivity index (χ2n) is 2.90. The van der Waals surface area contributed by atoms with Gasteiger partial charge in [-0.3, -0.25) is 4.79 Å². The molecule has 11 heavy (non-hydrogen) atoms. The monoisotopic (exact) mass is 151 g/mol. The van der Waals surface area contributed by atoms with Crippen LogP contribution >= 0.6 is 0 Å². The van der Waals surface area contributed by atoms with Gasteiger partial charge in [0.1, 0.15) is 5.78 Å². The van der Waals surface area contributed by atoms with E-state index in [4.69, 9.17) is 0 Å². The average molecular weight is 151 g/mol. The fourth-order valence-electron chi connectivity index (χ4n) is 1.18. The van der Waals surface area contributed by atoms with Crippen LogP contribution < -0.4 is 0 Å². The molecule has 0 saturated carbocycles. The van der Waals surface area contributed by atoms with Crippen molar-refractivity contribution in [1.29, 1.82) is 0 Å². The van der Waals surface area contributed by atoms with Crippen LogP contribution in [0.5, 0.6) is 0 Å². The summed E-state index contributed by atoms with van der Waals surface area (Å²) in [5, 5.41) is 0. The van der Waals surface area contributed by atoms with Gasteiger partial charge in [0.05, 0.1) is 0 Å². The lowest BCUT2D eigenvalue weighted by atomic mass is 10.1. The lowest BCUT2D eigenvalue weighted by Crippen LogP contribution is -1.96. The van der Waals surface area contributed by atoms with E-state index in [0.29, 0.717) is 5.78 Å². The van der Waals surface area contributed by atoms with E-state index < -0.39 is 0 Å². The Kier molecular flexibility index (Phi) is 3.71. The molecule has 1 aliphatic rings. The van der Waals surface area contributed by atoms with Crippen molar-refractivity contribution in [2.45, 2.75) is 38.5 Å². The minimum absolute atomic E-state index is 0.425. The molecule has 60 valence electrons. The smallest absolute Gasteiger partial charge is 0.132 e. The van der Waals surface area contributed by atoms with E-state index in [1.165, 1.54) is 0 Å². The highest BCUT2D eigenvalue weighted by molar-refractivity contribution is 5.78. The highest BCUT2D eigenvalue weighted by Crippen LogP contribution is 2.06. The summed E-state index contributed by atoms with van der Waals surface area (Å²) in [7, 11) is 0. The predicted octanol–water partition coefficient (Wildman–Crippen LogP) is 2.62. The second-order valence-corrected chi connectivity index (χ2v) is 2.90. The molecule has 0 aromatic rings. The summed E-state index contributed by atoms with van der Waals surface area (Å²) in [5.41, 5.74) is 3.11. The summed E-state index contributed by atoms with van der Waals surface area (Å²) in [6.45, 7) is 0. The lowest BCUT2D eigenvalue weighted by molar-refractivity contribution is -0.119. The Bertz CT molecular complexity index is 165. The molecule has 0 amide bonds.